The van der Waals surface area contributed by atoms with Gasteiger partial charge in [0.1, 0.15) is 0 Å². The minimum absolute atomic E-state index is 0.148. The molecule has 0 fully saturated rings. The Bertz CT molecular complexity index is 554. The Morgan fingerprint density at radius 2 is 2.10 bits per heavy atom. The molecule has 4 nitrogen and oxygen atoms in total. The van der Waals surface area contributed by atoms with Crippen LogP contribution in [0.1, 0.15) is 20.8 Å². The summed E-state index contributed by atoms with van der Waals surface area (Å²) in [5, 5.41) is 10.9. The second-order valence-corrected chi connectivity index (χ2v) is 5.96. The third kappa shape index (κ3) is 3.75. The lowest BCUT2D eigenvalue weighted by molar-refractivity contribution is 0.0152. The van der Waals surface area contributed by atoms with Crippen LogP contribution in [0.3, 0.4) is 0 Å². The highest BCUT2D eigenvalue weighted by atomic mass is 32.2. The molecule has 5 heteroatoms. The average molecular weight is 294 g/mol. The number of aryl methyl sites for hydroxylation is 1. The van der Waals surface area contributed by atoms with E-state index < -0.39 is 6.10 Å². The predicted octanol–water partition coefficient (Wildman–Crippen LogP) is 2.93. The molecule has 1 unspecified atom stereocenters. The number of rotatable bonds is 7. The Morgan fingerprint density at radius 1 is 1.35 bits per heavy atom. The molecule has 2 rings (SSSR count). The number of fused-ring (bicyclic) bond motifs is 1. The molecule has 0 spiro atoms. The van der Waals surface area contributed by atoms with Crippen molar-refractivity contribution in [1.82, 2.24) is 9.55 Å². The van der Waals surface area contributed by atoms with E-state index in [2.05, 4.69) is 22.5 Å². The van der Waals surface area contributed by atoms with Gasteiger partial charge < -0.3 is 14.4 Å². The second kappa shape index (κ2) is 7.11. The van der Waals surface area contributed by atoms with E-state index in [1.807, 2.05) is 32.0 Å². The SMILES string of the molecule is CCn1c(SCC(O)COC(C)C)nc2ccccc21. The molecule has 20 heavy (non-hydrogen) atoms. The number of aromatic nitrogens is 2. The predicted molar refractivity (Wildman–Crippen MR) is 83.2 cm³/mol. The van der Waals surface area contributed by atoms with E-state index >= 15 is 0 Å². The lowest BCUT2D eigenvalue weighted by Crippen LogP contribution is -2.20. The van der Waals surface area contributed by atoms with Crippen molar-refractivity contribution in [2.24, 2.45) is 0 Å². The van der Waals surface area contributed by atoms with E-state index in [1.165, 1.54) is 0 Å². The summed E-state index contributed by atoms with van der Waals surface area (Å²) in [5.74, 6) is 0.593. The summed E-state index contributed by atoms with van der Waals surface area (Å²) in [6, 6.07) is 8.11. The van der Waals surface area contributed by atoms with E-state index in [-0.39, 0.29) is 6.10 Å². The summed E-state index contributed by atoms with van der Waals surface area (Å²) in [6.45, 7) is 7.29. The van der Waals surface area contributed by atoms with Gasteiger partial charge in [-0.2, -0.15) is 0 Å². The number of aliphatic hydroxyl groups is 1. The summed E-state index contributed by atoms with van der Waals surface area (Å²) >= 11 is 1.58. The number of benzene rings is 1. The van der Waals surface area contributed by atoms with E-state index in [4.69, 9.17) is 4.74 Å². The number of para-hydroxylation sites is 2. The quantitative estimate of drug-likeness (QED) is 0.798. The van der Waals surface area contributed by atoms with Crippen LogP contribution in [0, 0.1) is 0 Å². The standard InChI is InChI=1S/C15H22N2O2S/c1-4-17-14-8-6-5-7-13(14)16-15(17)20-10-12(18)9-19-11(2)3/h5-8,11-12,18H,4,9-10H2,1-3H3. The second-order valence-electron chi connectivity index (χ2n) is 4.97. The van der Waals surface area contributed by atoms with Gasteiger partial charge in [0.2, 0.25) is 0 Å². The first-order valence-electron chi connectivity index (χ1n) is 6.99. The summed E-state index contributed by atoms with van der Waals surface area (Å²) < 4.78 is 7.59. The number of hydrogen-bond acceptors (Lipinski definition) is 4. The molecule has 0 saturated heterocycles. The number of imidazole rings is 1. The first-order chi connectivity index (χ1) is 9.61. The summed E-state index contributed by atoms with van der Waals surface area (Å²) in [4.78, 5) is 4.62. The number of ether oxygens (including phenoxy) is 1. The Kier molecular flexibility index (Phi) is 5.46. The maximum Gasteiger partial charge on any atom is 0.169 e. The molecule has 110 valence electrons. The fraction of sp³-hybridized carbons (Fsp3) is 0.533. The zero-order chi connectivity index (χ0) is 14.5. The third-order valence-electron chi connectivity index (χ3n) is 2.96. The number of thioether (sulfide) groups is 1. The largest absolute Gasteiger partial charge is 0.390 e. The highest BCUT2D eigenvalue weighted by Crippen LogP contribution is 2.24. The molecule has 2 aromatic rings. The fourth-order valence-electron chi connectivity index (χ4n) is 1.99. The van der Waals surface area contributed by atoms with E-state index in [0.717, 1.165) is 22.7 Å². The molecular formula is C15H22N2O2S. The molecule has 1 aromatic heterocycles. The van der Waals surface area contributed by atoms with Gasteiger partial charge >= 0.3 is 0 Å². The molecule has 0 aliphatic rings. The van der Waals surface area contributed by atoms with Crippen molar-refractivity contribution in [1.29, 1.82) is 0 Å². The molecule has 0 saturated carbocycles. The molecule has 0 amide bonds. The first kappa shape index (κ1) is 15.4. The van der Waals surface area contributed by atoms with Crippen LogP contribution >= 0.6 is 11.8 Å². The van der Waals surface area contributed by atoms with E-state index in [1.54, 1.807) is 11.8 Å². The van der Waals surface area contributed by atoms with E-state index in [0.29, 0.717) is 12.4 Å². The zero-order valence-electron chi connectivity index (χ0n) is 12.2. The molecular weight excluding hydrogens is 272 g/mol. The Morgan fingerprint density at radius 3 is 2.80 bits per heavy atom. The highest BCUT2D eigenvalue weighted by molar-refractivity contribution is 7.99. The summed E-state index contributed by atoms with van der Waals surface area (Å²) in [7, 11) is 0. The van der Waals surface area contributed by atoms with Crippen molar-refractivity contribution in [2.45, 2.75) is 44.7 Å². The molecule has 0 aliphatic carbocycles. The van der Waals surface area contributed by atoms with E-state index in [9.17, 15) is 5.11 Å². The third-order valence-corrected chi connectivity index (χ3v) is 4.08. The van der Waals surface area contributed by atoms with Gasteiger partial charge in [0.25, 0.3) is 0 Å². The smallest absolute Gasteiger partial charge is 0.169 e. The molecule has 0 aliphatic heterocycles. The molecule has 0 bridgehead atoms. The van der Waals surface area contributed by atoms with Gasteiger partial charge in [-0.3, -0.25) is 0 Å². The van der Waals surface area contributed by atoms with Crippen molar-refractivity contribution in [3.8, 4) is 0 Å². The maximum absolute atomic E-state index is 9.91. The molecule has 1 N–H and O–H groups in total. The normalized spacial score (nSPS) is 13.2. The van der Waals surface area contributed by atoms with Gasteiger partial charge in [-0.15, -0.1) is 0 Å². The van der Waals surface area contributed by atoms with Crippen LogP contribution in [0.15, 0.2) is 29.4 Å². The first-order valence-corrected chi connectivity index (χ1v) is 7.98. The van der Waals surface area contributed by atoms with Crippen molar-refractivity contribution in [3.05, 3.63) is 24.3 Å². The van der Waals surface area contributed by atoms with Crippen LogP contribution < -0.4 is 0 Å². The zero-order valence-corrected chi connectivity index (χ0v) is 13.1. The van der Waals surface area contributed by atoms with Crippen molar-refractivity contribution in [2.75, 3.05) is 12.4 Å². The molecule has 1 heterocycles. The lowest BCUT2D eigenvalue weighted by Gasteiger charge is -2.13. The summed E-state index contributed by atoms with van der Waals surface area (Å²) in [5.41, 5.74) is 2.15. The highest BCUT2D eigenvalue weighted by Gasteiger charge is 2.12. The lowest BCUT2D eigenvalue weighted by atomic mass is 10.3. The van der Waals surface area contributed by atoms with Gasteiger partial charge in [-0.25, -0.2) is 4.98 Å². The van der Waals surface area contributed by atoms with Crippen LogP contribution in [0.25, 0.3) is 11.0 Å². The number of hydrogen-bond donors (Lipinski definition) is 1. The molecule has 1 aromatic carbocycles. The van der Waals surface area contributed by atoms with Gasteiger partial charge in [0.15, 0.2) is 5.16 Å². The van der Waals surface area contributed by atoms with Crippen molar-refractivity contribution in [3.63, 3.8) is 0 Å². The molecule has 0 radical (unpaired) electrons. The maximum atomic E-state index is 9.91. The Labute approximate surface area is 124 Å². The van der Waals surface area contributed by atoms with Gasteiger partial charge in [0.05, 0.1) is 29.8 Å². The minimum Gasteiger partial charge on any atom is -0.390 e. The molecule has 1 atom stereocenters. The Balaban J connectivity index is 2.02. The minimum atomic E-state index is -0.465. The number of nitrogens with zero attached hydrogens (tertiary/aromatic N) is 2. The van der Waals surface area contributed by atoms with Crippen LogP contribution in [-0.4, -0.2) is 39.2 Å². The summed E-state index contributed by atoms with van der Waals surface area (Å²) in [6.07, 6.45) is -0.317. The van der Waals surface area contributed by atoms with Crippen molar-refractivity contribution >= 4 is 22.8 Å². The Hall–Kier alpha value is -1.04. The van der Waals surface area contributed by atoms with Crippen LogP contribution in [0.2, 0.25) is 0 Å². The average Bonchev–Trinajstić information content (AvgIpc) is 2.80. The van der Waals surface area contributed by atoms with Crippen molar-refractivity contribution < 1.29 is 9.84 Å². The van der Waals surface area contributed by atoms with Gasteiger partial charge in [-0.05, 0) is 32.9 Å². The number of aliphatic hydroxyl groups excluding tert-OH is 1. The van der Waals surface area contributed by atoms with Gasteiger partial charge in [-0.1, -0.05) is 23.9 Å². The van der Waals surface area contributed by atoms with Gasteiger partial charge in [0, 0.05) is 12.3 Å². The van der Waals surface area contributed by atoms with Crippen LogP contribution in [0.5, 0.6) is 0 Å². The fourth-order valence-corrected chi connectivity index (χ4v) is 2.98. The monoisotopic (exact) mass is 294 g/mol. The van der Waals surface area contributed by atoms with Crippen LogP contribution in [0.4, 0.5) is 0 Å². The topological polar surface area (TPSA) is 47.3 Å². The van der Waals surface area contributed by atoms with Crippen LogP contribution in [-0.2, 0) is 11.3 Å².